The second-order valence-corrected chi connectivity index (χ2v) is 5.27. The Morgan fingerprint density at radius 3 is 2.40 bits per heavy atom. The fourth-order valence-electron chi connectivity index (χ4n) is 2.05. The number of para-hydroxylation sites is 1. The van der Waals surface area contributed by atoms with E-state index in [0.717, 1.165) is 16.6 Å². The minimum Gasteiger partial charge on any atom is -0.398 e. The van der Waals surface area contributed by atoms with Crippen LogP contribution in [-0.2, 0) is 0 Å². The number of benzene rings is 3. The molecule has 20 heavy (non-hydrogen) atoms. The number of nitrogen functional groups attached to an aromatic ring is 1. The van der Waals surface area contributed by atoms with E-state index in [1.807, 2.05) is 54.0 Å². The summed E-state index contributed by atoms with van der Waals surface area (Å²) < 4.78 is 1.26. The van der Waals surface area contributed by atoms with Gasteiger partial charge in [0.25, 0.3) is 0 Å². The Balaban J connectivity index is 0.000000123. The van der Waals surface area contributed by atoms with Crippen molar-refractivity contribution in [1.29, 1.82) is 0 Å². The van der Waals surface area contributed by atoms with Crippen LogP contribution in [-0.4, -0.2) is 4.98 Å². The molecule has 0 unspecified atom stereocenters. The number of anilines is 1. The van der Waals surface area contributed by atoms with Gasteiger partial charge in [0.1, 0.15) is 0 Å². The average Bonchev–Trinajstić information content (AvgIpc) is 2.97. The second kappa shape index (κ2) is 5.72. The molecule has 0 aliphatic carbocycles. The van der Waals surface area contributed by atoms with Crippen LogP contribution < -0.4 is 5.73 Å². The van der Waals surface area contributed by atoms with Crippen LogP contribution in [0.25, 0.3) is 21.0 Å². The van der Waals surface area contributed by atoms with Crippen LogP contribution in [0, 0.1) is 0 Å². The van der Waals surface area contributed by atoms with Gasteiger partial charge in [0.15, 0.2) is 0 Å². The molecule has 0 aliphatic rings. The maximum Gasteiger partial charge on any atom is 0.0812 e. The fraction of sp³-hybridized carbons (Fsp3) is 0. The zero-order chi connectivity index (χ0) is 13.8. The fourth-order valence-corrected chi connectivity index (χ4v) is 2.73. The molecule has 1 aromatic heterocycles. The molecule has 0 aliphatic heterocycles. The number of rotatable bonds is 0. The van der Waals surface area contributed by atoms with Gasteiger partial charge in [0.05, 0.1) is 15.7 Å². The predicted molar refractivity (Wildman–Crippen MR) is 88.0 cm³/mol. The van der Waals surface area contributed by atoms with E-state index in [4.69, 9.17) is 5.73 Å². The number of nitrogens with zero attached hydrogens (tertiary/aromatic N) is 1. The number of thiazole rings is 1. The summed E-state index contributed by atoms with van der Waals surface area (Å²) in [4.78, 5) is 4.14. The molecule has 2 nitrogen and oxygen atoms in total. The van der Waals surface area contributed by atoms with Gasteiger partial charge >= 0.3 is 0 Å². The van der Waals surface area contributed by atoms with Crippen molar-refractivity contribution in [1.82, 2.24) is 4.98 Å². The van der Waals surface area contributed by atoms with Crippen molar-refractivity contribution in [3.05, 3.63) is 72.2 Å². The van der Waals surface area contributed by atoms with E-state index in [-0.39, 0.29) is 0 Å². The van der Waals surface area contributed by atoms with Crippen LogP contribution >= 0.6 is 11.3 Å². The lowest BCUT2D eigenvalue weighted by molar-refractivity contribution is 1.50. The average molecular weight is 278 g/mol. The summed E-state index contributed by atoms with van der Waals surface area (Å²) in [6.45, 7) is 0. The third-order valence-electron chi connectivity index (χ3n) is 3.06. The van der Waals surface area contributed by atoms with Crippen molar-refractivity contribution >= 4 is 38.0 Å². The van der Waals surface area contributed by atoms with Crippen LogP contribution in [0.15, 0.2) is 72.2 Å². The predicted octanol–water partition coefficient (Wildman–Crippen LogP) is 4.72. The Labute approximate surface area is 121 Å². The molecular formula is C17H14N2S. The highest BCUT2D eigenvalue weighted by Crippen LogP contribution is 2.19. The van der Waals surface area contributed by atoms with Gasteiger partial charge in [-0.15, -0.1) is 11.3 Å². The molecule has 0 bridgehead atoms. The van der Waals surface area contributed by atoms with E-state index in [9.17, 15) is 0 Å². The summed E-state index contributed by atoms with van der Waals surface area (Å²) >= 11 is 1.68. The first-order valence-electron chi connectivity index (χ1n) is 6.36. The largest absolute Gasteiger partial charge is 0.398 e. The first-order valence-corrected chi connectivity index (χ1v) is 7.24. The Morgan fingerprint density at radius 2 is 1.55 bits per heavy atom. The lowest BCUT2D eigenvalue weighted by Crippen LogP contribution is -1.84. The molecule has 0 fully saturated rings. The molecule has 2 N–H and O–H groups in total. The van der Waals surface area contributed by atoms with Crippen molar-refractivity contribution < 1.29 is 0 Å². The molecule has 0 saturated heterocycles. The summed E-state index contributed by atoms with van der Waals surface area (Å²) in [5, 5.41) is 2.34. The van der Waals surface area contributed by atoms with Gasteiger partial charge in [-0.1, -0.05) is 48.5 Å². The molecular weight excluding hydrogens is 264 g/mol. The van der Waals surface area contributed by atoms with E-state index in [1.165, 1.54) is 10.1 Å². The number of aromatic nitrogens is 1. The minimum absolute atomic E-state index is 0.850. The zero-order valence-electron chi connectivity index (χ0n) is 10.9. The van der Waals surface area contributed by atoms with Gasteiger partial charge in [-0.2, -0.15) is 0 Å². The molecule has 0 atom stereocenters. The lowest BCUT2D eigenvalue weighted by atomic mass is 10.1. The number of nitrogens with two attached hydrogens (primary N) is 1. The SMILES string of the molecule is Nc1cccc2ccccc12.c1ccc2scnc2c1. The molecule has 98 valence electrons. The Morgan fingerprint density at radius 1 is 0.800 bits per heavy atom. The highest BCUT2D eigenvalue weighted by atomic mass is 32.1. The molecule has 0 saturated carbocycles. The topological polar surface area (TPSA) is 38.9 Å². The Hall–Kier alpha value is -2.39. The van der Waals surface area contributed by atoms with E-state index in [2.05, 4.69) is 23.2 Å². The van der Waals surface area contributed by atoms with E-state index >= 15 is 0 Å². The monoisotopic (exact) mass is 278 g/mol. The molecule has 0 amide bonds. The highest BCUT2D eigenvalue weighted by molar-refractivity contribution is 7.16. The molecule has 4 rings (SSSR count). The van der Waals surface area contributed by atoms with Crippen molar-refractivity contribution in [3.63, 3.8) is 0 Å². The normalized spacial score (nSPS) is 10.2. The summed E-state index contributed by atoms with van der Waals surface area (Å²) in [6.07, 6.45) is 0. The van der Waals surface area contributed by atoms with E-state index in [0.29, 0.717) is 0 Å². The van der Waals surface area contributed by atoms with Gasteiger partial charge in [-0.25, -0.2) is 4.98 Å². The number of hydrogen-bond donors (Lipinski definition) is 1. The van der Waals surface area contributed by atoms with E-state index < -0.39 is 0 Å². The number of fused-ring (bicyclic) bond motifs is 2. The van der Waals surface area contributed by atoms with Gasteiger partial charge in [-0.3, -0.25) is 0 Å². The van der Waals surface area contributed by atoms with Crippen LogP contribution in [0.1, 0.15) is 0 Å². The molecule has 4 aromatic rings. The van der Waals surface area contributed by atoms with Gasteiger partial charge in [0.2, 0.25) is 0 Å². The summed E-state index contributed by atoms with van der Waals surface area (Å²) in [6, 6.07) is 22.2. The zero-order valence-corrected chi connectivity index (χ0v) is 11.7. The van der Waals surface area contributed by atoms with Gasteiger partial charge in [0, 0.05) is 11.1 Å². The first kappa shape index (κ1) is 12.6. The lowest BCUT2D eigenvalue weighted by Gasteiger charge is -1.98. The maximum atomic E-state index is 5.76. The summed E-state index contributed by atoms with van der Waals surface area (Å²) in [5.41, 5.74) is 9.57. The van der Waals surface area contributed by atoms with Crippen LogP contribution in [0.5, 0.6) is 0 Å². The van der Waals surface area contributed by atoms with Crippen LogP contribution in [0.4, 0.5) is 5.69 Å². The van der Waals surface area contributed by atoms with Crippen molar-refractivity contribution in [2.45, 2.75) is 0 Å². The summed E-state index contributed by atoms with van der Waals surface area (Å²) in [7, 11) is 0. The smallest absolute Gasteiger partial charge is 0.0812 e. The van der Waals surface area contributed by atoms with E-state index in [1.54, 1.807) is 11.3 Å². The van der Waals surface area contributed by atoms with Crippen LogP contribution in [0.2, 0.25) is 0 Å². The van der Waals surface area contributed by atoms with Gasteiger partial charge in [-0.05, 0) is 23.6 Å². The quantitative estimate of drug-likeness (QED) is 0.473. The molecule has 0 radical (unpaired) electrons. The molecule has 0 spiro atoms. The number of hydrogen-bond acceptors (Lipinski definition) is 3. The van der Waals surface area contributed by atoms with Gasteiger partial charge < -0.3 is 5.73 Å². The maximum absolute atomic E-state index is 5.76. The van der Waals surface area contributed by atoms with Crippen molar-refractivity contribution in [2.24, 2.45) is 0 Å². The third-order valence-corrected chi connectivity index (χ3v) is 3.87. The van der Waals surface area contributed by atoms with Crippen molar-refractivity contribution in [3.8, 4) is 0 Å². The van der Waals surface area contributed by atoms with Crippen molar-refractivity contribution in [2.75, 3.05) is 5.73 Å². The minimum atomic E-state index is 0.850. The Kier molecular flexibility index (Phi) is 3.61. The second-order valence-electron chi connectivity index (χ2n) is 4.39. The molecule has 3 aromatic carbocycles. The van der Waals surface area contributed by atoms with Crippen LogP contribution in [0.3, 0.4) is 0 Å². The third kappa shape index (κ3) is 2.63. The Bertz CT molecular complexity index is 801. The molecule has 1 heterocycles. The summed E-state index contributed by atoms with van der Waals surface area (Å²) in [5.74, 6) is 0. The standard InChI is InChI=1S/C10H9N.C7H5NS/c11-10-7-3-5-8-4-1-2-6-9(8)10;1-2-4-7-6(3-1)8-5-9-7/h1-7H,11H2;1-5H. The molecule has 3 heteroatoms. The first-order chi connectivity index (χ1) is 9.84. The highest BCUT2D eigenvalue weighted by Gasteiger charge is 1.92.